The Labute approximate surface area is 105 Å². The molecule has 0 aromatic carbocycles. The molecule has 0 amide bonds. The van der Waals surface area contributed by atoms with Crippen molar-refractivity contribution in [3.05, 3.63) is 17.7 Å². The number of cyclic esters (lactones) is 1. The molecule has 18 heavy (non-hydrogen) atoms. The number of rotatable bonds is 4. The van der Waals surface area contributed by atoms with Crippen molar-refractivity contribution < 1.29 is 23.9 Å². The second-order valence-corrected chi connectivity index (χ2v) is 4.68. The molecule has 0 aromatic rings. The fraction of sp³-hybridized carbons (Fsp3) is 0.583. The quantitative estimate of drug-likeness (QED) is 0.324. The van der Waals surface area contributed by atoms with E-state index in [2.05, 4.69) is 4.79 Å². The van der Waals surface area contributed by atoms with Crippen LogP contribution < -0.4 is 0 Å². The predicted molar refractivity (Wildman–Crippen MR) is 62.7 cm³/mol. The van der Waals surface area contributed by atoms with Crippen molar-refractivity contribution in [3.8, 4) is 0 Å². The van der Waals surface area contributed by atoms with Crippen LogP contribution in [0.2, 0.25) is 0 Å². The van der Waals surface area contributed by atoms with E-state index in [0.29, 0.717) is 6.42 Å². The average molecular weight is 252 g/mol. The zero-order valence-electron chi connectivity index (χ0n) is 10.7. The third-order valence-corrected chi connectivity index (χ3v) is 2.56. The minimum atomic E-state index is -0.975. The van der Waals surface area contributed by atoms with Crippen molar-refractivity contribution in [2.45, 2.75) is 33.3 Å². The first-order valence-corrected chi connectivity index (χ1v) is 5.68. The molecule has 0 aromatic heterocycles. The van der Waals surface area contributed by atoms with Crippen molar-refractivity contribution in [1.29, 1.82) is 0 Å². The van der Waals surface area contributed by atoms with E-state index < -0.39 is 23.5 Å². The molecule has 0 unspecified atom stereocenters. The lowest BCUT2D eigenvalue weighted by atomic mass is 9.90. The Balaban J connectivity index is 2.78. The number of allylic oxidation sites excluding steroid dienone is 1. The molecule has 0 bridgehead atoms. The molecule has 1 aliphatic heterocycles. The Kier molecular flexibility index (Phi) is 4.39. The molecule has 0 aliphatic carbocycles. The standard InChI is InChI=1S/C12H16N2O4/c1-4-5-6-8(14-13)10(15)18-9-11(16)17-7-12(9,2)3/h5-6,9H,4,7H2,1-3H3/b6-5+/t9-/m0/s1. The van der Waals surface area contributed by atoms with E-state index in [1.807, 2.05) is 6.92 Å². The van der Waals surface area contributed by atoms with Gasteiger partial charge in [0.2, 0.25) is 6.10 Å². The highest BCUT2D eigenvalue weighted by atomic mass is 16.6. The number of nitrogens with zero attached hydrogens (tertiary/aromatic N) is 2. The Hall–Kier alpha value is -1.94. The minimum absolute atomic E-state index is 0.195. The lowest BCUT2D eigenvalue weighted by Gasteiger charge is -2.20. The number of hydrogen-bond acceptors (Lipinski definition) is 4. The molecule has 0 N–H and O–H groups in total. The summed E-state index contributed by atoms with van der Waals surface area (Å²) in [5, 5.41) is 0. The van der Waals surface area contributed by atoms with E-state index in [-0.39, 0.29) is 12.3 Å². The molecule has 1 saturated heterocycles. The van der Waals surface area contributed by atoms with E-state index >= 15 is 0 Å². The third-order valence-electron chi connectivity index (χ3n) is 2.56. The largest absolute Gasteiger partial charge is 0.462 e. The topological polar surface area (TPSA) is 89.0 Å². The Bertz CT molecular complexity index is 433. The summed E-state index contributed by atoms with van der Waals surface area (Å²) in [6, 6.07) is 0. The van der Waals surface area contributed by atoms with Gasteiger partial charge in [-0.2, -0.15) is 4.79 Å². The lowest BCUT2D eigenvalue weighted by Crippen LogP contribution is -2.36. The summed E-state index contributed by atoms with van der Waals surface area (Å²) >= 11 is 0. The van der Waals surface area contributed by atoms with Gasteiger partial charge in [0.1, 0.15) is 6.61 Å². The molecule has 1 fully saturated rings. The van der Waals surface area contributed by atoms with Gasteiger partial charge in [-0.3, -0.25) is 0 Å². The van der Waals surface area contributed by atoms with Gasteiger partial charge in [-0.25, -0.2) is 9.59 Å². The normalized spacial score (nSPS) is 21.5. The predicted octanol–water partition coefficient (Wildman–Crippen LogP) is 1.12. The second kappa shape index (κ2) is 5.60. The average Bonchev–Trinajstić information content (AvgIpc) is 2.57. The maximum Gasteiger partial charge on any atom is 0.422 e. The van der Waals surface area contributed by atoms with Crippen LogP contribution in [0, 0.1) is 5.41 Å². The van der Waals surface area contributed by atoms with Crippen molar-refractivity contribution in [3.63, 3.8) is 0 Å². The first-order valence-electron chi connectivity index (χ1n) is 5.68. The van der Waals surface area contributed by atoms with E-state index in [0.717, 1.165) is 0 Å². The maximum absolute atomic E-state index is 11.7. The molecule has 0 spiro atoms. The van der Waals surface area contributed by atoms with Gasteiger partial charge in [-0.1, -0.05) is 26.8 Å². The van der Waals surface area contributed by atoms with Crippen LogP contribution in [0.4, 0.5) is 0 Å². The van der Waals surface area contributed by atoms with E-state index in [1.54, 1.807) is 19.9 Å². The van der Waals surface area contributed by atoms with Crippen LogP contribution in [-0.2, 0) is 19.1 Å². The summed E-state index contributed by atoms with van der Waals surface area (Å²) in [7, 11) is 0. The molecule has 6 nitrogen and oxygen atoms in total. The van der Waals surface area contributed by atoms with Gasteiger partial charge in [-0.15, -0.1) is 0 Å². The number of esters is 2. The summed E-state index contributed by atoms with van der Waals surface area (Å²) in [5.41, 5.74) is 7.89. The summed E-state index contributed by atoms with van der Waals surface area (Å²) < 4.78 is 9.87. The van der Waals surface area contributed by atoms with Gasteiger partial charge < -0.3 is 15.0 Å². The number of carbonyl (C=O) groups is 2. The Morgan fingerprint density at radius 1 is 1.67 bits per heavy atom. The van der Waals surface area contributed by atoms with E-state index in [9.17, 15) is 9.59 Å². The van der Waals surface area contributed by atoms with Gasteiger partial charge in [0.05, 0.1) is 0 Å². The Morgan fingerprint density at radius 2 is 2.33 bits per heavy atom. The van der Waals surface area contributed by atoms with Crippen LogP contribution in [0.5, 0.6) is 0 Å². The van der Waals surface area contributed by atoms with Crippen molar-refractivity contribution >= 4 is 17.7 Å². The number of carbonyl (C=O) groups excluding carboxylic acids is 2. The smallest absolute Gasteiger partial charge is 0.422 e. The number of ether oxygens (including phenoxy) is 2. The van der Waals surface area contributed by atoms with E-state index in [1.165, 1.54) is 6.08 Å². The molecular weight excluding hydrogens is 236 g/mol. The molecule has 1 aliphatic rings. The van der Waals surface area contributed by atoms with Gasteiger partial charge in [0, 0.05) is 11.5 Å². The summed E-state index contributed by atoms with van der Waals surface area (Å²) in [6.45, 7) is 5.58. The molecule has 0 saturated carbocycles. The fourth-order valence-electron chi connectivity index (χ4n) is 1.47. The highest BCUT2D eigenvalue weighted by molar-refractivity contribution is 6.38. The molecular formula is C12H16N2O4. The van der Waals surface area contributed by atoms with Crippen LogP contribution in [0.1, 0.15) is 27.2 Å². The second-order valence-electron chi connectivity index (χ2n) is 4.68. The zero-order valence-corrected chi connectivity index (χ0v) is 10.7. The SMILES string of the molecule is CC/C=C/C(=[N+]=[N-])C(=O)O[C@H]1C(=O)OCC1(C)C. The monoisotopic (exact) mass is 252 g/mol. The van der Waals surface area contributed by atoms with E-state index in [4.69, 9.17) is 15.0 Å². The molecule has 1 heterocycles. The summed E-state index contributed by atoms with van der Waals surface area (Å²) in [5.74, 6) is -1.43. The third kappa shape index (κ3) is 3.05. The highest BCUT2D eigenvalue weighted by Crippen LogP contribution is 2.30. The molecule has 1 rings (SSSR count). The molecule has 98 valence electrons. The van der Waals surface area contributed by atoms with Crippen molar-refractivity contribution in [1.82, 2.24) is 0 Å². The zero-order chi connectivity index (χ0) is 13.8. The fourth-order valence-corrected chi connectivity index (χ4v) is 1.47. The maximum atomic E-state index is 11.7. The van der Waals surface area contributed by atoms with Gasteiger partial charge >= 0.3 is 17.7 Å². The molecule has 1 atom stereocenters. The van der Waals surface area contributed by atoms with Crippen LogP contribution in [0.25, 0.3) is 5.53 Å². The first-order chi connectivity index (χ1) is 8.42. The summed E-state index contributed by atoms with van der Waals surface area (Å²) in [6.07, 6.45) is 2.70. The highest BCUT2D eigenvalue weighted by Gasteiger charge is 2.47. The van der Waals surface area contributed by atoms with Gasteiger partial charge in [-0.05, 0) is 6.42 Å². The van der Waals surface area contributed by atoms with Crippen molar-refractivity contribution in [2.24, 2.45) is 5.41 Å². The van der Waals surface area contributed by atoms with Crippen LogP contribution in [0.3, 0.4) is 0 Å². The molecule has 0 radical (unpaired) electrons. The lowest BCUT2D eigenvalue weighted by molar-refractivity contribution is -0.160. The van der Waals surface area contributed by atoms with Crippen molar-refractivity contribution in [2.75, 3.05) is 6.61 Å². The van der Waals surface area contributed by atoms with Gasteiger partial charge in [0.25, 0.3) is 0 Å². The summed E-state index contributed by atoms with van der Waals surface area (Å²) in [4.78, 5) is 26.0. The Morgan fingerprint density at radius 3 is 2.78 bits per heavy atom. The molecule has 6 heteroatoms. The van der Waals surface area contributed by atoms with Crippen LogP contribution in [-0.4, -0.2) is 35.2 Å². The first kappa shape index (κ1) is 14.1. The number of hydrogen-bond donors (Lipinski definition) is 0. The van der Waals surface area contributed by atoms with Gasteiger partial charge in [0.15, 0.2) is 0 Å². The minimum Gasteiger partial charge on any atom is -0.462 e. The van der Waals surface area contributed by atoms with Crippen LogP contribution in [0.15, 0.2) is 12.2 Å². The van der Waals surface area contributed by atoms with Crippen LogP contribution >= 0.6 is 0 Å².